The minimum absolute atomic E-state index is 0.623. The van der Waals surface area contributed by atoms with Crippen LogP contribution in [0.15, 0.2) is 12.4 Å². The number of unbranched alkanes of at least 4 members (excludes halogenated alkanes) is 17. The maximum Gasteiger partial charge on any atom is 0.100 e. The zero-order valence-corrected chi connectivity index (χ0v) is 20.5. The van der Waals surface area contributed by atoms with Crippen molar-refractivity contribution in [2.24, 2.45) is 0 Å². The van der Waals surface area contributed by atoms with Gasteiger partial charge in [-0.1, -0.05) is 123 Å². The van der Waals surface area contributed by atoms with Gasteiger partial charge in [0.05, 0.1) is 0 Å². The van der Waals surface area contributed by atoms with E-state index in [0.717, 1.165) is 0 Å². The van der Waals surface area contributed by atoms with E-state index >= 15 is 0 Å². The van der Waals surface area contributed by atoms with Gasteiger partial charge in [-0.05, 0) is 19.3 Å². The first-order valence-electron chi connectivity index (χ1n) is 13.5. The summed E-state index contributed by atoms with van der Waals surface area (Å²) in [6.45, 7) is 5.84. The van der Waals surface area contributed by atoms with E-state index in [1.807, 2.05) is 0 Å². The summed E-state index contributed by atoms with van der Waals surface area (Å²) in [4.78, 5) is 4.99. The molecule has 0 bridgehead atoms. The van der Waals surface area contributed by atoms with Crippen LogP contribution in [0.25, 0.3) is 0 Å². The SMILES string of the molecule is CCCCCCCCCCCCCCCCCCN1C=CN(C)C1CCCCC. The molecule has 1 aliphatic heterocycles. The van der Waals surface area contributed by atoms with Crippen molar-refractivity contribution in [1.29, 1.82) is 0 Å². The Morgan fingerprint density at radius 1 is 0.517 bits per heavy atom. The van der Waals surface area contributed by atoms with E-state index in [1.54, 1.807) is 0 Å². The van der Waals surface area contributed by atoms with Crippen molar-refractivity contribution in [2.75, 3.05) is 13.6 Å². The van der Waals surface area contributed by atoms with E-state index in [1.165, 1.54) is 135 Å². The van der Waals surface area contributed by atoms with Gasteiger partial charge in [-0.15, -0.1) is 0 Å². The first-order valence-corrected chi connectivity index (χ1v) is 13.5. The molecule has 1 atom stereocenters. The third-order valence-corrected chi connectivity index (χ3v) is 6.68. The Bertz CT molecular complexity index is 366. The third-order valence-electron chi connectivity index (χ3n) is 6.68. The average Bonchev–Trinajstić information content (AvgIpc) is 3.07. The van der Waals surface area contributed by atoms with Crippen LogP contribution in [0.1, 0.15) is 142 Å². The highest BCUT2D eigenvalue weighted by molar-refractivity contribution is 4.95. The lowest BCUT2D eigenvalue weighted by molar-refractivity contribution is 0.159. The van der Waals surface area contributed by atoms with Gasteiger partial charge in [0.25, 0.3) is 0 Å². The van der Waals surface area contributed by atoms with Gasteiger partial charge in [0.1, 0.15) is 6.17 Å². The molecule has 1 heterocycles. The monoisotopic (exact) mass is 406 g/mol. The Hall–Kier alpha value is -0.660. The lowest BCUT2D eigenvalue weighted by Gasteiger charge is -2.30. The van der Waals surface area contributed by atoms with Crippen molar-refractivity contribution in [3.63, 3.8) is 0 Å². The predicted molar refractivity (Wildman–Crippen MR) is 131 cm³/mol. The van der Waals surface area contributed by atoms with Crippen LogP contribution in [0.5, 0.6) is 0 Å². The highest BCUT2D eigenvalue weighted by Crippen LogP contribution is 2.21. The molecule has 0 aromatic rings. The van der Waals surface area contributed by atoms with Crippen LogP contribution in [0, 0.1) is 0 Å². The van der Waals surface area contributed by atoms with Crippen molar-refractivity contribution >= 4 is 0 Å². The van der Waals surface area contributed by atoms with E-state index < -0.39 is 0 Å². The highest BCUT2D eigenvalue weighted by Gasteiger charge is 2.22. The fraction of sp³-hybridized carbons (Fsp3) is 0.926. The normalized spacial score (nSPS) is 16.3. The van der Waals surface area contributed by atoms with Crippen LogP contribution in [-0.4, -0.2) is 29.6 Å². The largest absolute Gasteiger partial charge is 0.359 e. The molecule has 0 amide bonds. The summed E-state index contributed by atoms with van der Waals surface area (Å²) in [6.07, 6.45) is 33.8. The Balaban J connectivity index is 1.83. The zero-order valence-electron chi connectivity index (χ0n) is 20.5. The number of nitrogens with zero attached hydrogens (tertiary/aromatic N) is 2. The molecule has 0 aliphatic carbocycles. The van der Waals surface area contributed by atoms with Crippen molar-refractivity contribution in [1.82, 2.24) is 9.80 Å². The molecular weight excluding hydrogens is 352 g/mol. The fourth-order valence-corrected chi connectivity index (χ4v) is 4.64. The molecular formula is C27H54N2. The second-order valence-electron chi connectivity index (χ2n) is 9.48. The zero-order chi connectivity index (χ0) is 21.0. The first-order chi connectivity index (χ1) is 14.3. The van der Waals surface area contributed by atoms with E-state index in [2.05, 4.69) is 43.1 Å². The van der Waals surface area contributed by atoms with Crippen LogP contribution in [0.3, 0.4) is 0 Å². The summed E-state index contributed by atoms with van der Waals surface area (Å²) < 4.78 is 0. The Kier molecular flexibility index (Phi) is 17.6. The first kappa shape index (κ1) is 26.4. The molecule has 0 fully saturated rings. The van der Waals surface area contributed by atoms with Gasteiger partial charge in [-0.2, -0.15) is 0 Å². The van der Waals surface area contributed by atoms with Crippen LogP contribution >= 0.6 is 0 Å². The summed E-state index contributed by atoms with van der Waals surface area (Å²) in [6, 6.07) is 0. The molecule has 0 saturated heterocycles. The quantitative estimate of drug-likeness (QED) is 0.176. The smallest absolute Gasteiger partial charge is 0.100 e. The second kappa shape index (κ2) is 19.3. The highest BCUT2D eigenvalue weighted by atomic mass is 15.4. The van der Waals surface area contributed by atoms with Crippen molar-refractivity contribution in [3.8, 4) is 0 Å². The average molecular weight is 407 g/mol. The summed E-state index contributed by atoms with van der Waals surface area (Å²) in [5, 5.41) is 0. The topological polar surface area (TPSA) is 6.48 Å². The summed E-state index contributed by atoms with van der Waals surface area (Å²) in [5.41, 5.74) is 0. The van der Waals surface area contributed by atoms with E-state index in [4.69, 9.17) is 0 Å². The minimum Gasteiger partial charge on any atom is -0.359 e. The van der Waals surface area contributed by atoms with Gasteiger partial charge in [-0.25, -0.2) is 0 Å². The summed E-state index contributed by atoms with van der Waals surface area (Å²) in [7, 11) is 2.24. The molecule has 0 radical (unpaired) electrons. The van der Waals surface area contributed by atoms with Crippen LogP contribution in [0.4, 0.5) is 0 Å². The molecule has 0 saturated carbocycles. The molecule has 1 unspecified atom stereocenters. The minimum atomic E-state index is 0.623. The maximum atomic E-state index is 2.58. The number of hydrogen-bond donors (Lipinski definition) is 0. The van der Waals surface area contributed by atoms with Gasteiger partial charge in [0.2, 0.25) is 0 Å². The molecule has 0 N–H and O–H groups in total. The molecule has 2 heteroatoms. The molecule has 0 aromatic carbocycles. The lowest BCUT2D eigenvalue weighted by atomic mass is 10.0. The van der Waals surface area contributed by atoms with Gasteiger partial charge in [0, 0.05) is 26.0 Å². The lowest BCUT2D eigenvalue weighted by Crippen LogP contribution is -2.36. The second-order valence-corrected chi connectivity index (χ2v) is 9.48. The summed E-state index contributed by atoms with van der Waals surface area (Å²) >= 11 is 0. The molecule has 29 heavy (non-hydrogen) atoms. The van der Waals surface area contributed by atoms with Crippen molar-refractivity contribution in [3.05, 3.63) is 12.4 Å². The van der Waals surface area contributed by atoms with Gasteiger partial charge < -0.3 is 9.80 Å². The predicted octanol–water partition coefficient (Wildman–Crippen LogP) is 8.87. The molecule has 2 nitrogen and oxygen atoms in total. The van der Waals surface area contributed by atoms with Gasteiger partial charge >= 0.3 is 0 Å². The fourth-order valence-electron chi connectivity index (χ4n) is 4.64. The van der Waals surface area contributed by atoms with Crippen molar-refractivity contribution in [2.45, 2.75) is 148 Å². The maximum absolute atomic E-state index is 2.58. The molecule has 1 aliphatic rings. The summed E-state index contributed by atoms with van der Waals surface area (Å²) in [5.74, 6) is 0. The van der Waals surface area contributed by atoms with E-state index in [9.17, 15) is 0 Å². The number of hydrogen-bond acceptors (Lipinski definition) is 2. The molecule has 0 aromatic heterocycles. The Labute approximate surface area is 184 Å². The van der Waals surface area contributed by atoms with Gasteiger partial charge in [-0.3, -0.25) is 0 Å². The van der Waals surface area contributed by atoms with Crippen molar-refractivity contribution < 1.29 is 0 Å². The van der Waals surface area contributed by atoms with Crippen LogP contribution < -0.4 is 0 Å². The van der Waals surface area contributed by atoms with Crippen LogP contribution in [-0.2, 0) is 0 Å². The van der Waals surface area contributed by atoms with Crippen LogP contribution in [0.2, 0.25) is 0 Å². The molecule has 172 valence electrons. The Morgan fingerprint density at radius 3 is 1.41 bits per heavy atom. The standard InChI is InChI=1S/C27H54N2/c1-4-6-8-9-10-11-12-13-14-15-16-17-18-19-20-22-24-29-26-25-28(3)27(29)23-21-7-5-2/h25-27H,4-24H2,1-3H3. The third kappa shape index (κ3) is 14.1. The molecule has 0 spiro atoms. The van der Waals surface area contributed by atoms with E-state index in [0.29, 0.717) is 6.17 Å². The van der Waals surface area contributed by atoms with Gasteiger partial charge in [0.15, 0.2) is 0 Å². The number of rotatable bonds is 21. The van der Waals surface area contributed by atoms with E-state index in [-0.39, 0.29) is 0 Å². The molecule has 1 rings (SSSR count). The Morgan fingerprint density at radius 2 is 0.931 bits per heavy atom.